The molecule has 1 fully saturated rings. The average molecular weight is 196 g/mol. The Labute approximate surface area is 77.9 Å². The minimum absolute atomic E-state index is 0. The quantitative estimate of drug-likeness (QED) is 0.632. The lowest BCUT2D eigenvalue weighted by molar-refractivity contribution is -0.0603. The number of nitrogens with zero attached hydrogens (tertiary/aromatic N) is 1. The van der Waals surface area contributed by atoms with Gasteiger partial charge in [-0.2, -0.15) is 0 Å². The summed E-state index contributed by atoms with van der Waals surface area (Å²) in [6.45, 7) is 4.73. The Hall–Kier alpha value is -0.480. The summed E-state index contributed by atoms with van der Waals surface area (Å²) in [6, 6.07) is 0. The second-order valence-electron chi connectivity index (χ2n) is 2.94. The molecule has 1 amide bonds. The number of amides is 1. The van der Waals surface area contributed by atoms with Crippen molar-refractivity contribution in [1.29, 1.82) is 0 Å². The van der Waals surface area contributed by atoms with Crippen LogP contribution in [0.1, 0.15) is 13.8 Å². The maximum atomic E-state index is 10.5. The molecule has 0 bridgehead atoms. The van der Waals surface area contributed by atoms with Gasteiger partial charge in [-0.05, 0) is 13.8 Å². The van der Waals surface area contributed by atoms with Crippen LogP contribution < -0.4 is 0 Å². The summed E-state index contributed by atoms with van der Waals surface area (Å²) in [5, 5.41) is 8.64. The number of hydrogen-bond donors (Lipinski definition) is 1. The van der Waals surface area contributed by atoms with Crippen LogP contribution in [0.2, 0.25) is 0 Å². The van der Waals surface area contributed by atoms with Gasteiger partial charge in [0.2, 0.25) is 0 Å². The van der Waals surface area contributed by atoms with Gasteiger partial charge in [0, 0.05) is 0 Å². The fraction of sp³-hybridized carbons (Fsp3) is 0.857. The van der Waals surface area contributed by atoms with E-state index in [0.717, 1.165) is 0 Å². The van der Waals surface area contributed by atoms with Crippen molar-refractivity contribution in [1.82, 2.24) is 4.90 Å². The van der Waals surface area contributed by atoms with Gasteiger partial charge in [0.15, 0.2) is 0 Å². The van der Waals surface area contributed by atoms with E-state index >= 15 is 0 Å². The summed E-state index contributed by atoms with van der Waals surface area (Å²) >= 11 is 0. The molecule has 0 aromatic carbocycles. The van der Waals surface area contributed by atoms with E-state index in [9.17, 15) is 4.79 Å². The summed E-state index contributed by atoms with van der Waals surface area (Å²) < 4.78 is 5.36. The molecule has 1 N–H and O–H groups in total. The van der Waals surface area contributed by atoms with Crippen molar-refractivity contribution in [3.05, 3.63) is 0 Å². The van der Waals surface area contributed by atoms with Crippen LogP contribution in [0.4, 0.5) is 4.79 Å². The van der Waals surface area contributed by atoms with Crippen LogP contribution in [0, 0.1) is 0 Å². The van der Waals surface area contributed by atoms with Crippen molar-refractivity contribution in [3.8, 4) is 0 Å². The molecule has 5 heteroatoms. The van der Waals surface area contributed by atoms with E-state index in [1.807, 2.05) is 13.8 Å². The third kappa shape index (κ3) is 2.87. The fourth-order valence-electron chi connectivity index (χ4n) is 1.33. The van der Waals surface area contributed by atoms with Gasteiger partial charge in [-0.15, -0.1) is 12.4 Å². The van der Waals surface area contributed by atoms with Gasteiger partial charge in [0.05, 0.1) is 25.3 Å². The highest BCUT2D eigenvalue weighted by atomic mass is 35.5. The molecule has 0 aromatic heterocycles. The minimum atomic E-state index is -0.855. The highest BCUT2D eigenvalue weighted by Gasteiger charge is 2.24. The molecule has 0 saturated carbocycles. The highest BCUT2D eigenvalue weighted by molar-refractivity contribution is 5.85. The van der Waals surface area contributed by atoms with E-state index in [1.54, 1.807) is 0 Å². The Morgan fingerprint density at radius 1 is 1.42 bits per heavy atom. The lowest BCUT2D eigenvalue weighted by Gasteiger charge is -2.33. The smallest absolute Gasteiger partial charge is 0.407 e. The van der Waals surface area contributed by atoms with Crippen molar-refractivity contribution in [2.24, 2.45) is 0 Å². The Kier molecular flexibility index (Phi) is 4.34. The largest absolute Gasteiger partial charge is 0.465 e. The molecule has 0 spiro atoms. The lowest BCUT2D eigenvalue weighted by atomic mass is 10.2. The van der Waals surface area contributed by atoms with Gasteiger partial charge in [-0.1, -0.05) is 0 Å². The van der Waals surface area contributed by atoms with E-state index in [-0.39, 0.29) is 24.6 Å². The Morgan fingerprint density at radius 3 is 2.17 bits per heavy atom. The maximum Gasteiger partial charge on any atom is 0.407 e. The molecule has 1 rings (SSSR count). The van der Waals surface area contributed by atoms with Crippen molar-refractivity contribution in [3.63, 3.8) is 0 Å². The molecule has 72 valence electrons. The Morgan fingerprint density at radius 2 is 1.83 bits per heavy atom. The molecular weight excluding hydrogens is 182 g/mol. The highest BCUT2D eigenvalue weighted by Crippen LogP contribution is 2.09. The zero-order valence-corrected chi connectivity index (χ0v) is 8.00. The van der Waals surface area contributed by atoms with Gasteiger partial charge in [-0.25, -0.2) is 4.79 Å². The molecule has 1 aliphatic rings. The number of ether oxygens (including phenoxy) is 1. The van der Waals surface area contributed by atoms with Crippen LogP contribution in [0.3, 0.4) is 0 Å². The summed E-state index contributed by atoms with van der Waals surface area (Å²) in [4.78, 5) is 11.9. The standard InChI is InChI=1S/C7H13NO3.ClH/c1-5-3-8(7(9)10)4-6(2)11-5;/h5-6H,3-4H2,1-2H3,(H,9,10);1H. The van der Waals surface area contributed by atoms with Crippen LogP contribution in [0.5, 0.6) is 0 Å². The lowest BCUT2D eigenvalue weighted by Crippen LogP contribution is -2.47. The summed E-state index contributed by atoms with van der Waals surface area (Å²) in [5.74, 6) is 0. The van der Waals surface area contributed by atoms with E-state index in [0.29, 0.717) is 13.1 Å². The van der Waals surface area contributed by atoms with Gasteiger partial charge in [-0.3, -0.25) is 0 Å². The van der Waals surface area contributed by atoms with E-state index in [1.165, 1.54) is 4.90 Å². The molecule has 0 aromatic rings. The van der Waals surface area contributed by atoms with Crippen LogP contribution in [0.25, 0.3) is 0 Å². The van der Waals surface area contributed by atoms with E-state index in [2.05, 4.69) is 0 Å². The Bertz CT molecular complexity index is 155. The van der Waals surface area contributed by atoms with E-state index in [4.69, 9.17) is 9.84 Å². The van der Waals surface area contributed by atoms with Gasteiger partial charge in [0.25, 0.3) is 0 Å². The monoisotopic (exact) mass is 195 g/mol. The number of morpholine rings is 1. The predicted octanol–water partition coefficient (Wildman–Crippen LogP) is 1.20. The topological polar surface area (TPSA) is 49.8 Å². The van der Waals surface area contributed by atoms with Crippen molar-refractivity contribution in [2.45, 2.75) is 26.1 Å². The number of hydrogen-bond acceptors (Lipinski definition) is 2. The second-order valence-corrected chi connectivity index (χ2v) is 2.94. The molecule has 2 unspecified atom stereocenters. The third-order valence-corrected chi connectivity index (χ3v) is 1.69. The summed E-state index contributed by atoms with van der Waals surface area (Å²) in [5.41, 5.74) is 0. The summed E-state index contributed by atoms with van der Waals surface area (Å²) in [6.07, 6.45) is -0.809. The van der Waals surface area contributed by atoms with Crippen LogP contribution >= 0.6 is 12.4 Å². The fourth-order valence-corrected chi connectivity index (χ4v) is 1.33. The number of rotatable bonds is 0. The first-order chi connectivity index (χ1) is 5.09. The summed E-state index contributed by atoms with van der Waals surface area (Å²) in [7, 11) is 0. The molecular formula is C7H14ClNO3. The zero-order chi connectivity index (χ0) is 8.43. The van der Waals surface area contributed by atoms with Crippen molar-refractivity contribution >= 4 is 18.5 Å². The van der Waals surface area contributed by atoms with Gasteiger partial charge >= 0.3 is 6.09 Å². The molecule has 1 saturated heterocycles. The Balaban J connectivity index is 0.00000121. The minimum Gasteiger partial charge on any atom is -0.465 e. The number of halogens is 1. The van der Waals surface area contributed by atoms with Gasteiger partial charge < -0.3 is 14.7 Å². The predicted molar refractivity (Wildman–Crippen MR) is 46.9 cm³/mol. The SMILES string of the molecule is CC1CN(C(=O)O)CC(C)O1.Cl. The van der Waals surface area contributed by atoms with Crippen LogP contribution in [0.15, 0.2) is 0 Å². The van der Waals surface area contributed by atoms with Crippen LogP contribution in [-0.4, -0.2) is 41.4 Å². The first-order valence-electron chi connectivity index (χ1n) is 3.73. The number of carboxylic acid groups (broad SMARTS) is 1. The molecule has 0 radical (unpaired) electrons. The van der Waals surface area contributed by atoms with Crippen LogP contribution in [-0.2, 0) is 4.74 Å². The first-order valence-corrected chi connectivity index (χ1v) is 3.73. The molecule has 4 nitrogen and oxygen atoms in total. The van der Waals surface area contributed by atoms with E-state index < -0.39 is 6.09 Å². The zero-order valence-electron chi connectivity index (χ0n) is 7.19. The third-order valence-electron chi connectivity index (χ3n) is 1.69. The molecule has 2 atom stereocenters. The molecule has 1 aliphatic heterocycles. The molecule has 1 heterocycles. The maximum absolute atomic E-state index is 10.5. The first kappa shape index (κ1) is 11.5. The van der Waals surface area contributed by atoms with Crippen molar-refractivity contribution in [2.75, 3.05) is 13.1 Å². The molecule has 12 heavy (non-hydrogen) atoms. The molecule has 0 aliphatic carbocycles. The number of carbonyl (C=O) groups is 1. The van der Waals surface area contributed by atoms with Crippen molar-refractivity contribution < 1.29 is 14.6 Å². The average Bonchev–Trinajstić information content (AvgIpc) is 1.85. The van der Waals surface area contributed by atoms with Gasteiger partial charge in [0.1, 0.15) is 0 Å². The normalized spacial score (nSPS) is 29.3. The second kappa shape index (κ2) is 4.52.